The first-order chi connectivity index (χ1) is 15.0. The summed E-state index contributed by atoms with van der Waals surface area (Å²) in [5, 5.41) is 7.01. The van der Waals surface area contributed by atoms with Crippen LogP contribution in [0, 0.1) is 5.82 Å². The summed E-state index contributed by atoms with van der Waals surface area (Å²) in [6.07, 6.45) is 1.86. The van der Waals surface area contributed by atoms with Crippen molar-refractivity contribution in [2.24, 2.45) is 0 Å². The van der Waals surface area contributed by atoms with Gasteiger partial charge in [0.25, 0.3) is 0 Å². The van der Waals surface area contributed by atoms with Gasteiger partial charge in [0.15, 0.2) is 0 Å². The molecule has 0 saturated heterocycles. The molecule has 0 fully saturated rings. The Bertz CT molecular complexity index is 1190. The average Bonchev–Trinajstić information content (AvgIpc) is 3.18. The number of aromatic nitrogens is 2. The monoisotopic (exact) mass is 416 g/mol. The Balaban J connectivity index is 1.77. The van der Waals surface area contributed by atoms with Crippen molar-refractivity contribution in [2.45, 2.75) is 6.42 Å². The average molecular weight is 416 g/mol. The fraction of sp³-hybridized carbons (Fsp3) is 0.125. The molecule has 0 bridgehead atoms. The Morgan fingerprint density at radius 1 is 1.00 bits per heavy atom. The molecule has 0 saturated carbocycles. The maximum Gasteiger partial charge on any atom is 0.241 e. The first kappa shape index (κ1) is 20.3. The summed E-state index contributed by atoms with van der Waals surface area (Å²) < 4.78 is 19.0. The number of rotatable bonds is 6. The van der Waals surface area contributed by atoms with Crippen LogP contribution in [0.25, 0.3) is 22.5 Å². The van der Waals surface area contributed by atoms with Crippen molar-refractivity contribution in [3.8, 4) is 22.5 Å². The second kappa shape index (κ2) is 8.79. The van der Waals surface area contributed by atoms with Crippen LogP contribution in [0.5, 0.6) is 0 Å². The molecular formula is C24H21FN4O2. The smallest absolute Gasteiger partial charge is 0.241 e. The predicted molar refractivity (Wildman–Crippen MR) is 118 cm³/mol. The number of anilines is 2. The van der Waals surface area contributed by atoms with E-state index in [0.717, 1.165) is 11.3 Å². The summed E-state index contributed by atoms with van der Waals surface area (Å²) in [5.41, 5.74) is 3.97. The number of nitrogens with one attached hydrogen (secondary N) is 1. The molecule has 0 radical (unpaired) electrons. The first-order valence-corrected chi connectivity index (χ1v) is 9.75. The van der Waals surface area contributed by atoms with Crippen LogP contribution in [0.1, 0.15) is 5.56 Å². The molecule has 2 aromatic carbocycles. The van der Waals surface area contributed by atoms with Crippen LogP contribution in [0.15, 0.2) is 77.4 Å². The van der Waals surface area contributed by atoms with Crippen molar-refractivity contribution in [3.63, 3.8) is 0 Å². The van der Waals surface area contributed by atoms with E-state index in [9.17, 15) is 9.18 Å². The molecule has 1 N–H and O–H groups in total. The van der Waals surface area contributed by atoms with Gasteiger partial charge in [-0.2, -0.15) is 0 Å². The highest BCUT2D eigenvalue weighted by Crippen LogP contribution is 2.40. The zero-order valence-electron chi connectivity index (χ0n) is 17.2. The van der Waals surface area contributed by atoms with Crippen LogP contribution in [-0.2, 0) is 11.2 Å². The highest BCUT2D eigenvalue weighted by atomic mass is 19.1. The number of hydrogen-bond donors (Lipinski definition) is 1. The van der Waals surface area contributed by atoms with Crippen LogP contribution >= 0.6 is 0 Å². The number of carbonyl (C=O) groups is 1. The number of benzene rings is 2. The van der Waals surface area contributed by atoms with Gasteiger partial charge < -0.3 is 9.42 Å². The molecule has 4 rings (SSSR count). The molecule has 1 amide bonds. The van der Waals surface area contributed by atoms with Gasteiger partial charge in [0.2, 0.25) is 11.8 Å². The fourth-order valence-electron chi connectivity index (χ4n) is 3.30. The Morgan fingerprint density at radius 3 is 2.45 bits per heavy atom. The van der Waals surface area contributed by atoms with Crippen LogP contribution < -0.4 is 10.2 Å². The SMILES string of the molecule is CN(C)c1cccnc1-c1c(-c2ccc(F)cc2)noc1NC(=O)Cc1ccccc1. The van der Waals surface area contributed by atoms with Crippen molar-refractivity contribution >= 4 is 17.5 Å². The molecule has 0 spiro atoms. The third-order valence-electron chi connectivity index (χ3n) is 4.78. The van der Waals surface area contributed by atoms with E-state index < -0.39 is 0 Å². The van der Waals surface area contributed by atoms with Crippen LogP contribution in [0.4, 0.5) is 16.0 Å². The largest absolute Gasteiger partial charge is 0.376 e. The van der Waals surface area contributed by atoms with Crippen LogP contribution in [0.3, 0.4) is 0 Å². The minimum atomic E-state index is -0.350. The van der Waals surface area contributed by atoms with E-state index in [1.807, 2.05) is 61.5 Å². The van der Waals surface area contributed by atoms with Gasteiger partial charge in [-0.1, -0.05) is 35.5 Å². The summed E-state index contributed by atoms with van der Waals surface area (Å²) in [6, 6.07) is 19.1. The molecule has 6 nitrogen and oxygen atoms in total. The topological polar surface area (TPSA) is 71.3 Å². The molecule has 2 heterocycles. The molecule has 4 aromatic rings. The molecule has 0 aliphatic rings. The molecule has 0 aliphatic heterocycles. The van der Waals surface area contributed by atoms with Crippen LogP contribution in [0.2, 0.25) is 0 Å². The highest BCUT2D eigenvalue weighted by Gasteiger charge is 2.25. The number of amides is 1. The Morgan fingerprint density at radius 2 is 1.74 bits per heavy atom. The van der Waals surface area contributed by atoms with Gasteiger partial charge in [0, 0.05) is 25.9 Å². The van der Waals surface area contributed by atoms with Crippen molar-refractivity contribution < 1.29 is 13.7 Å². The van der Waals surface area contributed by atoms with Gasteiger partial charge in [-0.3, -0.25) is 15.1 Å². The summed E-state index contributed by atoms with van der Waals surface area (Å²) in [4.78, 5) is 19.1. The first-order valence-electron chi connectivity index (χ1n) is 9.75. The summed E-state index contributed by atoms with van der Waals surface area (Å²) >= 11 is 0. The lowest BCUT2D eigenvalue weighted by Crippen LogP contribution is -2.15. The Kier molecular flexibility index (Phi) is 5.75. The summed E-state index contributed by atoms with van der Waals surface area (Å²) in [6.45, 7) is 0. The standard InChI is InChI=1S/C24H21FN4O2/c1-29(2)19-9-6-14-26-23(19)21-22(17-10-12-18(25)13-11-17)28-31-24(21)27-20(30)15-16-7-4-3-5-8-16/h3-14H,15H2,1-2H3,(H,27,30). The van der Waals surface area contributed by atoms with Gasteiger partial charge in [-0.15, -0.1) is 0 Å². The van der Waals surface area contributed by atoms with Gasteiger partial charge in [-0.25, -0.2) is 4.39 Å². The minimum Gasteiger partial charge on any atom is -0.376 e. The zero-order valence-corrected chi connectivity index (χ0v) is 17.2. The normalized spacial score (nSPS) is 10.7. The second-order valence-corrected chi connectivity index (χ2v) is 7.22. The quantitative estimate of drug-likeness (QED) is 0.489. The number of halogens is 1. The molecule has 156 valence electrons. The van der Waals surface area contributed by atoms with E-state index in [0.29, 0.717) is 22.5 Å². The molecule has 7 heteroatoms. The minimum absolute atomic E-state index is 0.190. The lowest BCUT2D eigenvalue weighted by atomic mass is 10.0. The maximum absolute atomic E-state index is 13.5. The van der Waals surface area contributed by atoms with Gasteiger partial charge in [0.1, 0.15) is 17.2 Å². The van der Waals surface area contributed by atoms with Crippen molar-refractivity contribution in [2.75, 3.05) is 24.3 Å². The van der Waals surface area contributed by atoms with E-state index in [1.165, 1.54) is 12.1 Å². The van der Waals surface area contributed by atoms with E-state index in [2.05, 4.69) is 15.5 Å². The third-order valence-corrected chi connectivity index (χ3v) is 4.78. The lowest BCUT2D eigenvalue weighted by molar-refractivity contribution is -0.115. The molecular weight excluding hydrogens is 395 g/mol. The Hall–Kier alpha value is -4.00. The number of carbonyl (C=O) groups excluding carboxylic acids is 1. The number of hydrogen-bond acceptors (Lipinski definition) is 5. The van der Waals surface area contributed by atoms with Crippen LogP contribution in [-0.4, -0.2) is 30.1 Å². The maximum atomic E-state index is 13.5. The molecule has 0 atom stereocenters. The Labute approximate surface area is 179 Å². The van der Waals surface area contributed by atoms with E-state index in [1.54, 1.807) is 18.3 Å². The highest BCUT2D eigenvalue weighted by molar-refractivity contribution is 5.99. The van der Waals surface area contributed by atoms with Crippen molar-refractivity contribution in [3.05, 3.63) is 84.3 Å². The van der Waals surface area contributed by atoms with E-state index >= 15 is 0 Å². The van der Waals surface area contributed by atoms with Gasteiger partial charge in [-0.05, 0) is 42.0 Å². The molecule has 0 aliphatic carbocycles. The molecule has 31 heavy (non-hydrogen) atoms. The van der Waals surface area contributed by atoms with Crippen molar-refractivity contribution in [1.29, 1.82) is 0 Å². The second-order valence-electron chi connectivity index (χ2n) is 7.22. The summed E-state index contributed by atoms with van der Waals surface area (Å²) in [5.74, 6) is -0.393. The number of pyridine rings is 1. The summed E-state index contributed by atoms with van der Waals surface area (Å²) in [7, 11) is 3.80. The van der Waals surface area contributed by atoms with E-state index in [-0.39, 0.29) is 24.0 Å². The fourth-order valence-corrected chi connectivity index (χ4v) is 3.30. The third kappa shape index (κ3) is 4.45. The van der Waals surface area contributed by atoms with Crippen molar-refractivity contribution in [1.82, 2.24) is 10.1 Å². The molecule has 2 aromatic heterocycles. The van der Waals surface area contributed by atoms with Gasteiger partial charge >= 0.3 is 0 Å². The van der Waals surface area contributed by atoms with E-state index in [4.69, 9.17) is 4.52 Å². The lowest BCUT2D eigenvalue weighted by Gasteiger charge is -2.16. The number of nitrogens with zero attached hydrogens (tertiary/aromatic N) is 3. The zero-order chi connectivity index (χ0) is 21.8. The van der Waals surface area contributed by atoms with Gasteiger partial charge in [0.05, 0.1) is 17.7 Å². The molecule has 0 unspecified atom stereocenters. The predicted octanol–water partition coefficient (Wildman–Crippen LogP) is 4.79.